The van der Waals surface area contributed by atoms with Gasteiger partial charge >= 0.3 is 6.18 Å². The number of rotatable bonds is 0. The molecule has 51 valence electrons. The Bertz CT molecular complexity index is 128. The van der Waals surface area contributed by atoms with Crippen molar-refractivity contribution in [1.82, 2.24) is 5.43 Å². The number of hydrogen-bond donors (Lipinski definition) is 1. The Morgan fingerprint density at radius 2 is 2.11 bits per heavy atom. The van der Waals surface area contributed by atoms with E-state index in [9.17, 15) is 13.2 Å². The lowest BCUT2D eigenvalue weighted by molar-refractivity contribution is -0.145. The molecule has 1 unspecified atom stereocenters. The summed E-state index contributed by atoms with van der Waals surface area (Å²) in [4.78, 5) is 0. The van der Waals surface area contributed by atoms with Crippen LogP contribution in [0.15, 0.2) is 5.10 Å². The van der Waals surface area contributed by atoms with Crippen LogP contribution in [0.5, 0.6) is 0 Å². The molecule has 9 heavy (non-hydrogen) atoms. The lowest BCUT2D eigenvalue weighted by atomic mass is 10.2. The fourth-order valence-electron chi connectivity index (χ4n) is 0.469. The van der Waals surface area contributed by atoms with Crippen molar-refractivity contribution >= 4 is 6.21 Å². The van der Waals surface area contributed by atoms with E-state index >= 15 is 0 Å². The van der Waals surface area contributed by atoms with Gasteiger partial charge in [-0.25, -0.2) is 0 Å². The number of hydrazone groups is 1. The van der Waals surface area contributed by atoms with Gasteiger partial charge in [-0.1, -0.05) is 0 Å². The van der Waals surface area contributed by atoms with Gasteiger partial charge in [0.15, 0.2) is 0 Å². The molecule has 1 atom stereocenters. The first-order chi connectivity index (χ1) is 4.11. The molecule has 0 aromatic heterocycles. The molecule has 1 aliphatic heterocycles. The molecule has 1 N–H and O–H groups in total. The molecule has 0 aromatic rings. The molecular formula is C4H4F3N2. The molecule has 0 bridgehead atoms. The van der Waals surface area contributed by atoms with Gasteiger partial charge in [0.25, 0.3) is 0 Å². The number of hydrogen-bond acceptors (Lipinski definition) is 2. The summed E-state index contributed by atoms with van der Waals surface area (Å²) in [7, 11) is 0. The molecule has 1 radical (unpaired) electrons. The van der Waals surface area contributed by atoms with E-state index in [4.69, 9.17) is 0 Å². The molecule has 0 amide bonds. The quantitative estimate of drug-likeness (QED) is 0.527. The van der Waals surface area contributed by atoms with Gasteiger partial charge in [-0.3, -0.25) is 0 Å². The molecule has 0 fully saturated rings. The molecule has 0 aliphatic carbocycles. The summed E-state index contributed by atoms with van der Waals surface area (Å²) in [5.41, 5.74) is 2.10. The lowest BCUT2D eigenvalue weighted by Crippen LogP contribution is -2.23. The van der Waals surface area contributed by atoms with Gasteiger partial charge in [-0.15, -0.1) is 0 Å². The molecular weight excluding hydrogens is 133 g/mol. The van der Waals surface area contributed by atoms with Crippen LogP contribution in [0.3, 0.4) is 0 Å². The van der Waals surface area contributed by atoms with Gasteiger partial charge in [-0.05, 0) is 0 Å². The van der Waals surface area contributed by atoms with Crippen molar-refractivity contribution in [3.63, 3.8) is 0 Å². The summed E-state index contributed by atoms with van der Waals surface area (Å²) >= 11 is 0. The van der Waals surface area contributed by atoms with Crippen molar-refractivity contribution in [2.75, 3.05) is 0 Å². The molecule has 2 nitrogen and oxygen atoms in total. The number of halogens is 3. The lowest BCUT2D eigenvalue weighted by Gasteiger charge is -2.08. The molecule has 0 saturated heterocycles. The summed E-state index contributed by atoms with van der Waals surface area (Å²) in [5.74, 6) is -1.52. The van der Waals surface area contributed by atoms with Gasteiger partial charge < -0.3 is 5.43 Å². The summed E-state index contributed by atoms with van der Waals surface area (Å²) in [6, 6.07) is 0. The van der Waals surface area contributed by atoms with Crippen molar-refractivity contribution in [1.29, 1.82) is 0 Å². The molecule has 1 heterocycles. The highest BCUT2D eigenvalue weighted by Crippen LogP contribution is 2.27. The van der Waals surface area contributed by atoms with Crippen molar-refractivity contribution in [2.24, 2.45) is 11.0 Å². The van der Waals surface area contributed by atoms with Crippen LogP contribution in [0.25, 0.3) is 0 Å². The number of nitrogens with zero attached hydrogens (tertiary/aromatic N) is 1. The van der Waals surface area contributed by atoms with E-state index in [0.717, 1.165) is 12.8 Å². The molecule has 0 aromatic carbocycles. The Labute approximate surface area is 49.7 Å². The zero-order valence-corrected chi connectivity index (χ0v) is 4.31. The average molecular weight is 137 g/mol. The predicted molar refractivity (Wildman–Crippen MR) is 25.5 cm³/mol. The minimum Gasteiger partial charge on any atom is -0.304 e. The zero-order chi connectivity index (χ0) is 6.91. The van der Waals surface area contributed by atoms with Crippen LogP contribution < -0.4 is 5.43 Å². The van der Waals surface area contributed by atoms with Crippen molar-refractivity contribution in [2.45, 2.75) is 6.18 Å². The summed E-state index contributed by atoms with van der Waals surface area (Å²) in [6.45, 7) is 0.889. The van der Waals surface area contributed by atoms with Crippen LogP contribution in [0.4, 0.5) is 13.2 Å². The Morgan fingerprint density at radius 1 is 1.44 bits per heavy atom. The zero-order valence-electron chi connectivity index (χ0n) is 4.31. The number of alkyl halides is 3. The van der Waals surface area contributed by atoms with Gasteiger partial charge in [-0.2, -0.15) is 18.3 Å². The third kappa shape index (κ3) is 1.34. The summed E-state index contributed by atoms with van der Waals surface area (Å²) in [6.07, 6.45) is -3.37. The predicted octanol–water partition coefficient (Wildman–Crippen LogP) is 0.916. The SMILES string of the molecule is FC(F)(F)C1[CH]NN=C1. The third-order valence-corrected chi connectivity index (χ3v) is 0.942. The first-order valence-corrected chi connectivity index (χ1v) is 2.29. The van der Waals surface area contributed by atoms with Gasteiger partial charge in [0.05, 0.1) is 6.54 Å². The Morgan fingerprint density at radius 3 is 2.33 bits per heavy atom. The maximum atomic E-state index is 11.6. The Kier molecular flexibility index (Phi) is 1.34. The van der Waals surface area contributed by atoms with Gasteiger partial charge in [0, 0.05) is 6.21 Å². The van der Waals surface area contributed by atoms with Crippen LogP contribution in [-0.4, -0.2) is 12.4 Å². The maximum Gasteiger partial charge on any atom is 0.398 e. The minimum atomic E-state index is -4.19. The second-order valence-electron chi connectivity index (χ2n) is 1.64. The Balaban J connectivity index is 2.53. The Hall–Kier alpha value is -0.740. The second-order valence-corrected chi connectivity index (χ2v) is 1.64. The van der Waals surface area contributed by atoms with E-state index in [0.29, 0.717) is 0 Å². The molecule has 1 rings (SSSR count). The van der Waals surface area contributed by atoms with E-state index in [1.807, 2.05) is 0 Å². The van der Waals surface area contributed by atoms with E-state index in [-0.39, 0.29) is 0 Å². The highest BCUT2D eigenvalue weighted by molar-refractivity contribution is 5.65. The van der Waals surface area contributed by atoms with Crippen LogP contribution in [0, 0.1) is 12.5 Å². The largest absolute Gasteiger partial charge is 0.398 e. The average Bonchev–Trinajstić information content (AvgIpc) is 2.08. The van der Waals surface area contributed by atoms with Crippen molar-refractivity contribution < 1.29 is 13.2 Å². The fourth-order valence-corrected chi connectivity index (χ4v) is 0.469. The van der Waals surface area contributed by atoms with Gasteiger partial charge in [0.2, 0.25) is 0 Å². The maximum absolute atomic E-state index is 11.6. The normalized spacial score (nSPS) is 26.3. The van der Waals surface area contributed by atoms with E-state index in [1.165, 1.54) is 0 Å². The molecule has 0 spiro atoms. The second kappa shape index (κ2) is 1.89. The van der Waals surface area contributed by atoms with Crippen molar-refractivity contribution in [3.05, 3.63) is 6.54 Å². The van der Waals surface area contributed by atoms with E-state index in [2.05, 4.69) is 10.5 Å². The first kappa shape index (κ1) is 6.38. The van der Waals surface area contributed by atoms with Gasteiger partial charge in [0.1, 0.15) is 5.92 Å². The fraction of sp³-hybridized carbons (Fsp3) is 0.500. The van der Waals surface area contributed by atoms with Crippen LogP contribution >= 0.6 is 0 Å². The standard InChI is InChI=1S/C4H4F3N2/c5-4(6,7)3-1-8-9-2-3/h1-3,8H. The third-order valence-electron chi connectivity index (χ3n) is 0.942. The van der Waals surface area contributed by atoms with E-state index < -0.39 is 12.1 Å². The molecule has 0 saturated carbocycles. The summed E-state index contributed by atoms with van der Waals surface area (Å²) in [5, 5.41) is 3.18. The monoisotopic (exact) mass is 137 g/mol. The highest BCUT2D eigenvalue weighted by atomic mass is 19.4. The van der Waals surface area contributed by atoms with Crippen LogP contribution in [-0.2, 0) is 0 Å². The topological polar surface area (TPSA) is 24.4 Å². The van der Waals surface area contributed by atoms with Crippen LogP contribution in [0.2, 0.25) is 0 Å². The summed E-state index contributed by atoms with van der Waals surface area (Å²) < 4.78 is 34.8. The smallest absolute Gasteiger partial charge is 0.304 e. The highest BCUT2D eigenvalue weighted by Gasteiger charge is 2.40. The molecule has 5 heteroatoms. The van der Waals surface area contributed by atoms with Crippen LogP contribution in [0.1, 0.15) is 0 Å². The number of nitrogens with one attached hydrogen (secondary N) is 1. The van der Waals surface area contributed by atoms with E-state index in [1.54, 1.807) is 0 Å². The minimum absolute atomic E-state index is 0.819. The van der Waals surface area contributed by atoms with Crippen molar-refractivity contribution in [3.8, 4) is 0 Å². The molecule has 1 aliphatic rings. The first-order valence-electron chi connectivity index (χ1n) is 2.29.